The summed E-state index contributed by atoms with van der Waals surface area (Å²) in [5.74, 6) is 5.42. The van der Waals surface area contributed by atoms with Crippen molar-refractivity contribution >= 4 is 11.8 Å². The van der Waals surface area contributed by atoms with Gasteiger partial charge in [-0.1, -0.05) is 34.1 Å². The van der Waals surface area contributed by atoms with E-state index in [4.69, 9.17) is 0 Å². The van der Waals surface area contributed by atoms with Crippen LogP contribution in [-0.2, 0) is 0 Å². The fraction of sp³-hybridized carbons (Fsp3) is 1.00. The summed E-state index contributed by atoms with van der Waals surface area (Å²) < 4.78 is 0. The van der Waals surface area contributed by atoms with E-state index in [9.17, 15) is 0 Å². The van der Waals surface area contributed by atoms with E-state index < -0.39 is 0 Å². The van der Waals surface area contributed by atoms with Crippen LogP contribution in [0.4, 0.5) is 0 Å². The second-order valence-corrected chi connectivity index (χ2v) is 6.92. The van der Waals surface area contributed by atoms with Crippen LogP contribution in [0.25, 0.3) is 0 Å². The van der Waals surface area contributed by atoms with E-state index in [1.807, 2.05) is 0 Å². The molecular formula is C15H31NS. The standard InChI is InChI=1S/C15H31NS/c1-5-9-17-11-15(16-6-2)14-8-7-12(3)13(4)10-14/h12-16H,5-11H2,1-4H3. The van der Waals surface area contributed by atoms with Gasteiger partial charge >= 0.3 is 0 Å². The molecule has 0 aromatic rings. The molecule has 1 aliphatic rings. The first-order chi connectivity index (χ1) is 8.19. The van der Waals surface area contributed by atoms with Crippen LogP contribution in [0.2, 0.25) is 0 Å². The van der Waals surface area contributed by atoms with Gasteiger partial charge in [-0.15, -0.1) is 0 Å². The Bertz CT molecular complexity index is 195. The fourth-order valence-electron chi connectivity index (χ4n) is 2.93. The van der Waals surface area contributed by atoms with Crippen molar-refractivity contribution in [2.24, 2.45) is 17.8 Å². The second kappa shape index (κ2) is 8.42. The van der Waals surface area contributed by atoms with E-state index in [0.29, 0.717) is 0 Å². The summed E-state index contributed by atoms with van der Waals surface area (Å²) in [4.78, 5) is 0. The van der Waals surface area contributed by atoms with Gasteiger partial charge in [-0.2, -0.15) is 11.8 Å². The van der Waals surface area contributed by atoms with Crippen LogP contribution in [0, 0.1) is 17.8 Å². The predicted octanol–water partition coefficient (Wildman–Crippen LogP) is 4.18. The minimum absolute atomic E-state index is 0.756. The molecule has 1 nitrogen and oxygen atoms in total. The number of hydrogen-bond donors (Lipinski definition) is 1. The first-order valence-electron chi connectivity index (χ1n) is 7.50. The molecule has 102 valence electrons. The number of rotatable bonds is 7. The van der Waals surface area contributed by atoms with Crippen LogP contribution >= 0.6 is 11.8 Å². The summed E-state index contributed by atoms with van der Waals surface area (Å²) in [7, 11) is 0. The molecule has 1 rings (SSSR count). The van der Waals surface area contributed by atoms with Gasteiger partial charge in [0.05, 0.1) is 0 Å². The van der Waals surface area contributed by atoms with Crippen LogP contribution in [-0.4, -0.2) is 24.1 Å². The SMILES string of the molecule is CCCSCC(NCC)C1CCC(C)C(C)C1. The molecule has 1 aliphatic carbocycles. The van der Waals surface area contributed by atoms with Crippen molar-refractivity contribution < 1.29 is 0 Å². The highest BCUT2D eigenvalue weighted by atomic mass is 32.2. The Balaban J connectivity index is 2.40. The maximum atomic E-state index is 3.73. The van der Waals surface area contributed by atoms with Crippen molar-refractivity contribution in [3.05, 3.63) is 0 Å². The van der Waals surface area contributed by atoms with E-state index in [1.54, 1.807) is 0 Å². The van der Waals surface area contributed by atoms with E-state index in [0.717, 1.165) is 30.3 Å². The van der Waals surface area contributed by atoms with Gasteiger partial charge in [0.2, 0.25) is 0 Å². The minimum Gasteiger partial charge on any atom is -0.313 e. The molecule has 0 heterocycles. The van der Waals surface area contributed by atoms with Crippen molar-refractivity contribution in [3.8, 4) is 0 Å². The lowest BCUT2D eigenvalue weighted by atomic mass is 9.73. The van der Waals surface area contributed by atoms with Gasteiger partial charge in [-0.25, -0.2) is 0 Å². The maximum Gasteiger partial charge on any atom is 0.0186 e. The first kappa shape index (κ1) is 15.4. The summed E-state index contributed by atoms with van der Waals surface area (Å²) >= 11 is 2.13. The predicted molar refractivity (Wildman–Crippen MR) is 80.7 cm³/mol. The zero-order valence-electron chi connectivity index (χ0n) is 12.2. The summed E-state index contributed by atoms with van der Waals surface area (Å²) in [6, 6.07) is 0.756. The highest BCUT2D eigenvalue weighted by Gasteiger charge is 2.29. The number of thioether (sulfide) groups is 1. The van der Waals surface area contributed by atoms with Crippen molar-refractivity contribution in [2.75, 3.05) is 18.1 Å². The second-order valence-electron chi connectivity index (χ2n) is 5.77. The highest BCUT2D eigenvalue weighted by molar-refractivity contribution is 7.99. The third kappa shape index (κ3) is 5.21. The Kier molecular flexibility index (Phi) is 7.61. The van der Waals surface area contributed by atoms with Crippen LogP contribution in [0.5, 0.6) is 0 Å². The quantitative estimate of drug-likeness (QED) is 0.687. The third-order valence-electron chi connectivity index (χ3n) is 4.32. The molecule has 0 radical (unpaired) electrons. The van der Waals surface area contributed by atoms with Crippen LogP contribution in [0.1, 0.15) is 53.4 Å². The van der Waals surface area contributed by atoms with Gasteiger partial charge in [-0.3, -0.25) is 0 Å². The van der Waals surface area contributed by atoms with Gasteiger partial charge in [-0.05, 0) is 49.3 Å². The molecule has 0 spiro atoms. The molecule has 2 heteroatoms. The van der Waals surface area contributed by atoms with Crippen LogP contribution in [0.15, 0.2) is 0 Å². The molecule has 0 aromatic carbocycles. The maximum absolute atomic E-state index is 3.73. The molecule has 0 saturated heterocycles. The summed E-state index contributed by atoms with van der Waals surface area (Å²) in [5, 5.41) is 3.73. The third-order valence-corrected chi connectivity index (χ3v) is 5.61. The molecule has 0 amide bonds. The Labute approximate surface area is 113 Å². The lowest BCUT2D eigenvalue weighted by Gasteiger charge is -2.37. The Morgan fingerprint density at radius 1 is 1.18 bits per heavy atom. The molecule has 4 atom stereocenters. The smallest absolute Gasteiger partial charge is 0.0186 e. The Hall–Kier alpha value is 0.310. The highest BCUT2D eigenvalue weighted by Crippen LogP contribution is 2.35. The lowest BCUT2D eigenvalue weighted by Crippen LogP contribution is -2.41. The van der Waals surface area contributed by atoms with Crippen molar-refractivity contribution in [1.29, 1.82) is 0 Å². The zero-order valence-corrected chi connectivity index (χ0v) is 13.0. The molecule has 1 saturated carbocycles. The molecule has 0 aromatic heterocycles. The van der Waals surface area contributed by atoms with E-state index >= 15 is 0 Å². The van der Waals surface area contributed by atoms with Gasteiger partial charge < -0.3 is 5.32 Å². The number of hydrogen-bond acceptors (Lipinski definition) is 2. The van der Waals surface area contributed by atoms with Gasteiger partial charge in [0.1, 0.15) is 0 Å². The molecule has 1 N–H and O–H groups in total. The molecular weight excluding hydrogens is 226 g/mol. The Morgan fingerprint density at radius 2 is 1.94 bits per heavy atom. The van der Waals surface area contributed by atoms with E-state index in [-0.39, 0.29) is 0 Å². The molecule has 0 aliphatic heterocycles. The average Bonchev–Trinajstić information content (AvgIpc) is 2.32. The van der Waals surface area contributed by atoms with Crippen molar-refractivity contribution in [1.82, 2.24) is 5.32 Å². The lowest BCUT2D eigenvalue weighted by molar-refractivity contribution is 0.179. The summed E-state index contributed by atoms with van der Waals surface area (Å²) in [5.41, 5.74) is 0. The van der Waals surface area contributed by atoms with E-state index in [2.05, 4.69) is 44.8 Å². The van der Waals surface area contributed by atoms with Gasteiger partial charge in [0, 0.05) is 11.8 Å². The number of nitrogens with one attached hydrogen (secondary N) is 1. The van der Waals surface area contributed by atoms with Crippen molar-refractivity contribution in [2.45, 2.75) is 59.4 Å². The molecule has 1 fully saturated rings. The van der Waals surface area contributed by atoms with E-state index in [1.165, 1.54) is 37.2 Å². The normalized spacial score (nSPS) is 31.4. The van der Waals surface area contributed by atoms with Crippen LogP contribution < -0.4 is 5.32 Å². The Morgan fingerprint density at radius 3 is 2.53 bits per heavy atom. The molecule has 4 unspecified atom stereocenters. The molecule has 17 heavy (non-hydrogen) atoms. The summed E-state index contributed by atoms with van der Waals surface area (Å²) in [6.45, 7) is 10.5. The largest absolute Gasteiger partial charge is 0.313 e. The van der Waals surface area contributed by atoms with Gasteiger partial charge in [0.15, 0.2) is 0 Å². The average molecular weight is 257 g/mol. The molecule has 0 bridgehead atoms. The van der Waals surface area contributed by atoms with Crippen molar-refractivity contribution in [3.63, 3.8) is 0 Å². The monoisotopic (exact) mass is 257 g/mol. The summed E-state index contributed by atoms with van der Waals surface area (Å²) in [6.07, 6.45) is 5.62. The topological polar surface area (TPSA) is 12.0 Å². The zero-order chi connectivity index (χ0) is 12.7. The van der Waals surface area contributed by atoms with Gasteiger partial charge in [0.25, 0.3) is 0 Å². The first-order valence-corrected chi connectivity index (χ1v) is 8.65. The fourth-order valence-corrected chi connectivity index (χ4v) is 4.03. The minimum atomic E-state index is 0.756. The van der Waals surface area contributed by atoms with Crippen LogP contribution in [0.3, 0.4) is 0 Å².